The average molecular weight is 511 g/mol. The smallest absolute Gasteiger partial charge is 0.346 e. The zero-order chi connectivity index (χ0) is 24.2. The van der Waals surface area contributed by atoms with Gasteiger partial charge in [0, 0.05) is 35.8 Å². The van der Waals surface area contributed by atoms with Crippen molar-refractivity contribution < 1.29 is 9.90 Å². The van der Waals surface area contributed by atoms with Gasteiger partial charge in [-0.05, 0) is 66.7 Å². The first-order valence-corrected chi connectivity index (χ1v) is 13.1. The second-order valence-electron chi connectivity index (χ2n) is 7.49. The van der Waals surface area contributed by atoms with Gasteiger partial charge in [-0.1, -0.05) is 36.4 Å². The number of thiophene rings is 3. The molecule has 0 fully saturated rings. The van der Waals surface area contributed by atoms with E-state index in [0.29, 0.717) is 0 Å². The molecule has 0 radical (unpaired) electrons. The van der Waals surface area contributed by atoms with Crippen LogP contribution in [0, 0.1) is 11.3 Å². The highest BCUT2D eigenvalue weighted by molar-refractivity contribution is 7.27. The molecule has 3 aromatic heterocycles. The van der Waals surface area contributed by atoms with E-state index in [1.807, 2.05) is 48.5 Å². The van der Waals surface area contributed by atoms with Gasteiger partial charge in [-0.3, -0.25) is 0 Å². The lowest BCUT2D eigenvalue weighted by atomic mass is 10.2. The fraction of sp³-hybridized carbons (Fsp3) is 0. The molecular formula is C28H18N2O2S3. The van der Waals surface area contributed by atoms with E-state index in [9.17, 15) is 4.79 Å². The third kappa shape index (κ3) is 4.96. The number of nitrogens with zero attached hydrogens (tertiary/aromatic N) is 2. The van der Waals surface area contributed by atoms with E-state index in [1.54, 1.807) is 28.7 Å². The average Bonchev–Trinajstić information content (AvgIpc) is 3.64. The van der Waals surface area contributed by atoms with E-state index in [4.69, 9.17) is 10.4 Å². The Labute approximate surface area is 214 Å². The molecule has 1 N–H and O–H groups in total. The van der Waals surface area contributed by atoms with E-state index in [1.165, 1.54) is 27.2 Å². The van der Waals surface area contributed by atoms with E-state index in [-0.39, 0.29) is 5.57 Å². The summed E-state index contributed by atoms with van der Waals surface area (Å²) in [6.45, 7) is 0. The van der Waals surface area contributed by atoms with Gasteiger partial charge >= 0.3 is 5.97 Å². The first-order valence-electron chi connectivity index (χ1n) is 10.7. The number of carboxylic acids is 1. The van der Waals surface area contributed by atoms with Gasteiger partial charge in [-0.2, -0.15) is 5.26 Å². The predicted molar refractivity (Wildman–Crippen MR) is 147 cm³/mol. The van der Waals surface area contributed by atoms with Crippen LogP contribution in [0.5, 0.6) is 0 Å². The van der Waals surface area contributed by atoms with Crippen LogP contribution in [-0.4, -0.2) is 11.1 Å². The molecule has 0 amide bonds. The number of carboxylic acid groups (broad SMARTS) is 1. The Hall–Kier alpha value is -3.96. The van der Waals surface area contributed by atoms with Crippen molar-refractivity contribution in [2.75, 3.05) is 4.90 Å². The van der Waals surface area contributed by atoms with Gasteiger partial charge in [0.05, 0.1) is 0 Å². The first kappa shape index (κ1) is 22.8. The lowest BCUT2D eigenvalue weighted by molar-refractivity contribution is -0.132. The molecular weight excluding hydrogens is 493 g/mol. The van der Waals surface area contributed by atoms with Crippen LogP contribution in [0.15, 0.2) is 103 Å². The van der Waals surface area contributed by atoms with Crippen molar-refractivity contribution >= 4 is 62.4 Å². The molecule has 0 aliphatic carbocycles. The zero-order valence-corrected chi connectivity index (χ0v) is 20.7. The standard InChI is InChI=1S/C28H18N2O2S3/c29-18-19(28(31)32)17-22-11-12-23(33-22)24-13-14-25(34-24)26-15-16-27(35-26)30(20-7-3-1-4-8-20)21-9-5-2-6-10-21/h1-17H,(H,31,32)/b19-17+. The van der Waals surface area contributed by atoms with Crippen molar-refractivity contribution in [2.45, 2.75) is 0 Å². The van der Waals surface area contributed by atoms with Crippen LogP contribution in [0.3, 0.4) is 0 Å². The van der Waals surface area contributed by atoms with Crippen molar-refractivity contribution in [1.82, 2.24) is 0 Å². The molecule has 0 aliphatic heterocycles. The quantitative estimate of drug-likeness (QED) is 0.176. The summed E-state index contributed by atoms with van der Waals surface area (Å²) in [5, 5.41) is 19.2. The van der Waals surface area contributed by atoms with Gasteiger partial charge in [0.1, 0.15) is 16.6 Å². The summed E-state index contributed by atoms with van der Waals surface area (Å²) in [7, 11) is 0. The minimum absolute atomic E-state index is 0.266. The SMILES string of the molecule is N#C/C(=C\c1ccc(-c2ccc(-c3ccc(N(c4ccccc4)c4ccccc4)s3)s2)s1)C(=O)O. The molecule has 0 bridgehead atoms. The van der Waals surface area contributed by atoms with Crippen molar-refractivity contribution in [3.8, 4) is 25.6 Å². The maximum atomic E-state index is 11.1. The van der Waals surface area contributed by atoms with E-state index >= 15 is 0 Å². The second-order valence-corrected chi connectivity index (χ2v) is 10.7. The summed E-state index contributed by atoms with van der Waals surface area (Å²) in [6.07, 6.45) is 1.41. The number of hydrogen-bond donors (Lipinski definition) is 1. The highest BCUT2D eigenvalue weighted by atomic mass is 32.1. The van der Waals surface area contributed by atoms with Gasteiger partial charge < -0.3 is 10.0 Å². The van der Waals surface area contributed by atoms with Crippen LogP contribution in [0.4, 0.5) is 16.4 Å². The Bertz CT molecular complexity index is 1500. The Balaban J connectivity index is 1.44. The van der Waals surface area contributed by atoms with Crippen molar-refractivity contribution in [3.63, 3.8) is 0 Å². The molecule has 0 unspecified atom stereocenters. The number of rotatable bonds is 7. The molecule has 2 aromatic carbocycles. The van der Waals surface area contributed by atoms with Gasteiger partial charge in [-0.25, -0.2) is 4.79 Å². The Morgan fingerprint density at radius 1 is 0.714 bits per heavy atom. The molecule has 4 nitrogen and oxygen atoms in total. The fourth-order valence-corrected chi connectivity index (χ4v) is 6.77. The Morgan fingerprint density at radius 3 is 1.80 bits per heavy atom. The number of nitriles is 1. The maximum absolute atomic E-state index is 11.1. The molecule has 5 aromatic rings. The lowest BCUT2D eigenvalue weighted by Crippen LogP contribution is -2.07. The number of carbonyl (C=O) groups is 1. The van der Waals surface area contributed by atoms with Crippen LogP contribution < -0.4 is 4.90 Å². The summed E-state index contributed by atoms with van der Waals surface area (Å²) >= 11 is 4.92. The molecule has 0 saturated carbocycles. The molecule has 5 rings (SSSR count). The van der Waals surface area contributed by atoms with Crippen LogP contribution >= 0.6 is 34.0 Å². The van der Waals surface area contributed by atoms with Crippen LogP contribution in [0.25, 0.3) is 25.6 Å². The van der Waals surface area contributed by atoms with Crippen LogP contribution in [0.2, 0.25) is 0 Å². The highest BCUT2D eigenvalue weighted by Crippen LogP contribution is 2.45. The van der Waals surface area contributed by atoms with Gasteiger partial charge in [-0.15, -0.1) is 34.0 Å². The Morgan fingerprint density at radius 2 is 1.23 bits per heavy atom. The number of benzene rings is 2. The minimum Gasteiger partial charge on any atom is -0.477 e. The number of hydrogen-bond acceptors (Lipinski definition) is 6. The zero-order valence-electron chi connectivity index (χ0n) is 18.3. The normalized spacial score (nSPS) is 11.2. The largest absolute Gasteiger partial charge is 0.477 e. The Kier molecular flexibility index (Phi) is 6.59. The van der Waals surface area contributed by atoms with E-state index in [0.717, 1.165) is 31.0 Å². The topological polar surface area (TPSA) is 64.3 Å². The molecule has 35 heavy (non-hydrogen) atoms. The monoisotopic (exact) mass is 510 g/mol. The summed E-state index contributed by atoms with van der Waals surface area (Å²) in [6, 6.07) is 34.7. The van der Waals surface area contributed by atoms with E-state index in [2.05, 4.69) is 53.4 Å². The van der Waals surface area contributed by atoms with Gasteiger partial charge in [0.15, 0.2) is 0 Å². The molecule has 7 heteroatoms. The lowest BCUT2D eigenvalue weighted by Gasteiger charge is -2.23. The summed E-state index contributed by atoms with van der Waals surface area (Å²) in [5.74, 6) is -1.21. The maximum Gasteiger partial charge on any atom is 0.346 e. The fourth-order valence-electron chi connectivity index (χ4n) is 3.59. The van der Waals surface area contributed by atoms with Gasteiger partial charge in [0.2, 0.25) is 0 Å². The minimum atomic E-state index is -1.21. The number of aliphatic carboxylic acids is 1. The summed E-state index contributed by atoms with van der Waals surface area (Å²) in [4.78, 5) is 18.6. The third-order valence-electron chi connectivity index (χ3n) is 5.20. The molecule has 170 valence electrons. The molecule has 3 heterocycles. The molecule has 0 aliphatic rings. The van der Waals surface area contributed by atoms with Crippen molar-refractivity contribution in [2.24, 2.45) is 0 Å². The van der Waals surface area contributed by atoms with Crippen molar-refractivity contribution in [3.05, 3.63) is 108 Å². The predicted octanol–water partition coefficient (Wildman–Crippen LogP) is 8.67. The molecule has 0 atom stereocenters. The third-order valence-corrected chi connectivity index (χ3v) is 8.78. The molecule has 0 spiro atoms. The first-order chi connectivity index (χ1) is 17.1. The summed E-state index contributed by atoms with van der Waals surface area (Å²) < 4.78 is 0. The van der Waals surface area contributed by atoms with Crippen LogP contribution in [0.1, 0.15) is 4.88 Å². The number of para-hydroxylation sites is 2. The highest BCUT2D eigenvalue weighted by Gasteiger charge is 2.16. The summed E-state index contributed by atoms with van der Waals surface area (Å²) in [5.41, 5.74) is 1.95. The second kappa shape index (κ2) is 10.1. The molecule has 0 saturated heterocycles. The van der Waals surface area contributed by atoms with Crippen molar-refractivity contribution in [1.29, 1.82) is 5.26 Å². The van der Waals surface area contributed by atoms with Gasteiger partial charge in [0.25, 0.3) is 0 Å². The number of anilines is 3. The van der Waals surface area contributed by atoms with E-state index < -0.39 is 5.97 Å². The van der Waals surface area contributed by atoms with Crippen LogP contribution in [-0.2, 0) is 4.79 Å².